The summed E-state index contributed by atoms with van der Waals surface area (Å²) in [5.41, 5.74) is 2.89. The Labute approximate surface area is 137 Å². The summed E-state index contributed by atoms with van der Waals surface area (Å²) in [6, 6.07) is 14.8. The van der Waals surface area contributed by atoms with E-state index in [1.54, 1.807) is 12.1 Å². The molecule has 23 heavy (non-hydrogen) atoms. The van der Waals surface area contributed by atoms with Crippen LogP contribution in [-0.4, -0.2) is 13.0 Å². The topological polar surface area (TPSA) is 39.1 Å². The fraction of sp³-hybridized carbons (Fsp3) is 0.263. The minimum atomic E-state index is -3.54. The molecule has 3 aromatic rings. The average molecular weight is 327 g/mol. The quantitative estimate of drug-likeness (QED) is 0.718. The number of hydrogen-bond acceptors (Lipinski definition) is 2. The summed E-state index contributed by atoms with van der Waals surface area (Å²) in [5.74, 6) is 0. The van der Waals surface area contributed by atoms with Crippen molar-refractivity contribution in [2.75, 3.05) is 0 Å². The number of nitrogens with zero attached hydrogens (tertiary/aromatic N) is 1. The van der Waals surface area contributed by atoms with Gasteiger partial charge in [0.05, 0.1) is 4.90 Å². The lowest BCUT2D eigenvalue weighted by atomic mass is 10.2. The second-order valence-corrected chi connectivity index (χ2v) is 7.80. The number of sulfone groups is 1. The molecule has 2 aromatic carbocycles. The Kier molecular flexibility index (Phi) is 4.02. The van der Waals surface area contributed by atoms with Crippen molar-refractivity contribution in [3.8, 4) is 0 Å². The van der Waals surface area contributed by atoms with Gasteiger partial charge in [-0.3, -0.25) is 0 Å². The molecule has 0 radical (unpaired) electrons. The standard InChI is InChI=1S/C19H21NO2S/c1-4-7-18-19(16-8-5-6-9-17(16)20(18)3)23(21,22)15-12-10-14(2)11-13-15/h5-6,8-13H,4,7H2,1-3H3. The summed E-state index contributed by atoms with van der Waals surface area (Å²) < 4.78 is 28.5. The molecule has 3 nitrogen and oxygen atoms in total. The van der Waals surface area contributed by atoms with Crippen molar-refractivity contribution in [1.82, 2.24) is 4.57 Å². The van der Waals surface area contributed by atoms with Crippen LogP contribution >= 0.6 is 0 Å². The van der Waals surface area contributed by atoms with E-state index in [1.807, 2.05) is 54.9 Å². The molecule has 0 saturated carbocycles. The molecule has 0 N–H and O–H groups in total. The van der Waals surface area contributed by atoms with Crippen molar-refractivity contribution in [3.05, 3.63) is 59.8 Å². The third-order valence-corrected chi connectivity index (χ3v) is 6.15. The summed E-state index contributed by atoms with van der Waals surface area (Å²) >= 11 is 0. The summed E-state index contributed by atoms with van der Waals surface area (Å²) in [5, 5.41) is 0.805. The normalized spacial score (nSPS) is 12.0. The lowest BCUT2D eigenvalue weighted by molar-refractivity contribution is 0.594. The smallest absolute Gasteiger partial charge is 0.208 e. The van der Waals surface area contributed by atoms with E-state index in [2.05, 4.69) is 6.92 Å². The number of aromatic nitrogens is 1. The van der Waals surface area contributed by atoms with E-state index in [9.17, 15) is 8.42 Å². The molecule has 0 saturated heterocycles. The second-order valence-electron chi connectivity index (χ2n) is 5.92. The number of fused-ring (bicyclic) bond motifs is 1. The number of hydrogen-bond donors (Lipinski definition) is 0. The molecule has 120 valence electrons. The SMILES string of the molecule is CCCc1c(S(=O)(=O)c2ccc(C)cc2)c2ccccc2n1C. The van der Waals surface area contributed by atoms with E-state index in [1.165, 1.54) is 0 Å². The molecule has 0 aliphatic rings. The second kappa shape index (κ2) is 5.85. The lowest BCUT2D eigenvalue weighted by Crippen LogP contribution is -2.07. The van der Waals surface area contributed by atoms with Gasteiger partial charge in [-0.25, -0.2) is 8.42 Å². The highest BCUT2D eigenvalue weighted by atomic mass is 32.2. The van der Waals surface area contributed by atoms with E-state index in [4.69, 9.17) is 0 Å². The van der Waals surface area contributed by atoms with E-state index >= 15 is 0 Å². The van der Waals surface area contributed by atoms with Gasteiger partial charge in [0.15, 0.2) is 0 Å². The fourth-order valence-electron chi connectivity index (χ4n) is 3.06. The van der Waals surface area contributed by atoms with Gasteiger partial charge in [-0.05, 0) is 31.5 Å². The van der Waals surface area contributed by atoms with Gasteiger partial charge < -0.3 is 4.57 Å². The third kappa shape index (κ3) is 2.57. The zero-order valence-electron chi connectivity index (χ0n) is 13.7. The summed E-state index contributed by atoms with van der Waals surface area (Å²) in [4.78, 5) is 0.818. The Morgan fingerprint density at radius 3 is 2.30 bits per heavy atom. The Hall–Kier alpha value is -2.07. The van der Waals surface area contributed by atoms with E-state index in [0.29, 0.717) is 9.79 Å². The first-order chi connectivity index (χ1) is 11.0. The minimum absolute atomic E-state index is 0.358. The van der Waals surface area contributed by atoms with Crippen molar-refractivity contribution in [3.63, 3.8) is 0 Å². The summed E-state index contributed by atoms with van der Waals surface area (Å²) in [7, 11) is -1.59. The van der Waals surface area contributed by atoms with Gasteiger partial charge in [-0.1, -0.05) is 49.2 Å². The van der Waals surface area contributed by atoms with Gasteiger partial charge in [0, 0.05) is 23.6 Å². The first-order valence-corrected chi connectivity index (χ1v) is 9.33. The van der Waals surface area contributed by atoms with Crippen LogP contribution in [0.25, 0.3) is 10.9 Å². The Morgan fingerprint density at radius 1 is 1.00 bits per heavy atom. The molecule has 4 heteroatoms. The molecule has 0 aliphatic heterocycles. The first-order valence-electron chi connectivity index (χ1n) is 7.85. The van der Waals surface area contributed by atoms with Crippen molar-refractivity contribution < 1.29 is 8.42 Å². The molecular formula is C19H21NO2S. The van der Waals surface area contributed by atoms with Crippen molar-refractivity contribution in [2.24, 2.45) is 7.05 Å². The molecule has 1 heterocycles. The van der Waals surface area contributed by atoms with Crippen LogP contribution in [0.2, 0.25) is 0 Å². The highest BCUT2D eigenvalue weighted by Crippen LogP contribution is 2.34. The number of aryl methyl sites for hydroxylation is 2. The van der Waals surface area contributed by atoms with E-state index < -0.39 is 9.84 Å². The predicted molar refractivity (Wildman–Crippen MR) is 93.5 cm³/mol. The maximum Gasteiger partial charge on any atom is 0.208 e. The number of rotatable bonds is 4. The zero-order valence-corrected chi connectivity index (χ0v) is 14.5. The fourth-order valence-corrected chi connectivity index (χ4v) is 4.81. The lowest BCUT2D eigenvalue weighted by Gasteiger charge is -2.09. The Morgan fingerprint density at radius 2 is 1.65 bits per heavy atom. The number of benzene rings is 2. The maximum atomic E-state index is 13.3. The van der Waals surface area contributed by atoms with E-state index in [-0.39, 0.29) is 0 Å². The number of para-hydroxylation sites is 1. The first kappa shape index (κ1) is 15.8. The van der Waals surface area contributed by atoms with Crippen LogP contribution in [0.4, 0.5) is 0 Å². The van der Waals surface area contributed by atoms with Gasteiger partial charge in [0.25, 0.3) is 0 Å². The van der Waals surface area contributed by atoms with Gasteiger partial charge in [-0.15, -0.1) is 0 Å². The Balaban J connectivity index is 2.34. The summed E-state index contributed by atoms with van der Waals surface area (Å²) in [6.45, 7) is 4.02. The van der Waals surface area contributed by atoms with Crippen LogP contribution in [-0.2, 0) is 23.3 Å². The monoisotopic (exact) mass is 327 g/mol. The molecule has 0 spiro atoms. The predicted octanol–water partition coefficient (Wildman–Crippen LogP) is 4.27. The van der Waals surface area contributed by atoms with Crippen molar-refractivity contribution in [1.29, 1.82) is 0 Å². The van der Waals surface area contributed by atoms with Crippen LogP contribution in [0.5, 0.6) is 0 Å². The molecule has 0 unspecified atom stereocenters. The minimum Gasteiger partial charge on any atom is -0.346 e. The molecule has 0 fully saturated rings. The van der Waals surface area contributed by atoms with Crippen LogP contribution in [0.15, 0.2) is 58.3 Å². The van der Waals surface area contributed by atoms with Crippen LogP contribution in [0.1, 0.15) is 24.6 Å². The van der Waals surface area contributed by atoms with Gasteiger partial charge >= 0.3 is 0 Å². The van der Waals surface area contributed by atoms with Gasteiger partial charge in [0.1, 0.15) is 4.90 Å². The molecule has 0 atom stereocenters. The van der Waals surface area contributed by atoms with Crippen LogP contribution in [0, 0.1) is 6.92 Å². The molecule has 0 amide bonds. The summed E-state index contributed by atoms with van der Waals surface area (Å²) in [6.07, 6.45) is 1.65. The molecular weight excluding hydrogens is 306 g/mol. The van der Waals surface area contributed by atoms with E-state index in [0.717, 1.165) is 35.0 Å². The largest absolute Gasteiger partial charge is 0.346 e. The van der Waals surface area contributed by atoms with Gasteiger partial charge in [0.2, 0.25) is 9.84 Å². The highest BCUT2D eigenvalue weighted by molar-refractivity contribution is 7.91. The highest BCUT2D eigenvalue weighted by Gasteiger charge is 2.27. The molecule has 3 rings (SSSR count). The maximum absolute atomic E-state index is 13.3. The van der Waals surface area contributed by atoms with Crippen LogP contribution < -0.4 is 0 Å². The zero-order chi connectivity index (χ0) is 16.6. The van der Waals surface area contributed by atoms with Crippen molar-refractivity contribution >= 4 is 20.7 Å². The third-order valence-electron chi connectivity index (χ3n) is 4.26. The van der Waals surface area contributed by atoms with Crippen molar-refractivity contribution in [2.45, 2.75) is 36.5 Å². The Bertz CT molecular complexity index is 951. The van der Waals surface area contributed by atoms with Gasteiger partial charge in [-0.2, -0.15) is 0 Å². The molecule has 0 aliphatic carbocycles. The van der Waals surface area contributed by atoms with Crippen LogP contribution in [0.3, 0.4) is 0 Å². The average Bonchev–Trinajstić information content (AvgIpc) is 2.82. The molecule has 1 aromatic heterocycles. The molecule has 0 bridgehead atoms.